The van der Waals surface area contributed by atoms with Crippen LogP contribution in [0.4, 0.5) is 13.2 Å². The minimum Gasteiger partial charge on any atom is -0.333 e. The molecule has 2 aromatic rings. The zero-order valence-corrected chi connectivity index (χ0v) is 9.29. The molecule has 0 aliphatic heterocycles. The van der Waals surface area contributed by atoms with Crippen molar-refractivity contribution in [3.05, 3.63) is 29.6 Å². The summed E-state index contributed by atoms with van der Waals surface area (Å²) in [4.78, 5) is 10.9. The first-order valence-electron chi connectivity index (χ1n) is 4.46. The molecule has 90 valence electrons. The molecule has 0 atom stereocenters. The monoisotopic (exact) mass is 262 g/mol. The molecule has 0 spiro atoms. The summed E-state index contributed by atoms with van der Waals surface area (Å²) >= 11 is 5.49. The summed E-state index contributed by atoms with van der Waals surface area (Å²) in [6.07, 6.45) is -0.928. The first-order chi connectivity index (χ1) is 7.88. The van der Waals surface area contributed by atoms with E-state index in [0.29, 0.717) is 5.56 Å². The zero-order valence-electron chi connectivity index (χ0n) is 8.53. The van der Waals surface area contributed by atoms with Gasteiger partial charge in [0, 0.05) is 25.6 Å². The van der Waals surface area contributed by atoms with Crippen molar-refractivity contribution in [3.8, 4) is 11.4 Å². The van der Waals surface area contributed by atoms with Crippen molar-refractivity contribution in [1.82, 2.24) is 19.5 Å². The van der Waals surface area contributed by atoms with Crippen LogP contribution < -0.4 is 0 Å². The van der Waals surface area contributed by atoms with Gasteiger partial charge in [0.2, 0.25) is 5.28 Å². The smallest absolute Gasteiger partial charge is 0.333 e. The first kappa shape index (κ1) is 11.8. The second-order valence-electron chi connectivity index (χ2n) is 3.30. The predicted octanol–water partition coefficient (Wildman–Crippen LogP) is 2.55. The topological polar surface area (TPSA) is 43.6 Å². The van der Waals surface area contributed by atoms with Crippen LogP contribution in [0.5, 0.6) is 0 Å². The number of nitrogens with zero attached hydrogens (tertiary/aromatic N) is 4. The van der Waals surface area contributed by atoms with Crippen LogP contribution in [-0.2, 0) is 13.2 Å². The van der Waals surface area contributed by atoms with E-state index in [4.69, 9.17) is 11.6 Å². The van der Waals surface area contributed by atoms with Gasteiger partial charge < -0.3 is 4.57 Å². The molecular weight excluding hydrogens is 257 g/mol. The molecule has 4 nitrogen and oxygen atoms in total. The van der Waals surface area contributed by atoms with Crippen molar-refractivity contribution in [3.63, 3.8) is 0 Å². The third kappa shape index (κ3) is 2.38. The van der Waals surface area contributed by atoms with Gasteiger partial charge in [0.05, 0.1) is 5.56 Å². The summed E-state index contributed by atoms with van der Waals surface area (Å²) in [6, 6.07) is 0. The Bertz CT molecular complexity index is 532. The Balaban J connectivity index is 2.46. The molecule has 0 radical (unpaired) electrons. The number of hydrogen-bond donors (Lipinski definition) is 0. The maximum Gasteiger partial charge on any atom is 0.434 e. The Morgan fingerprint density at radius 1 is 1.24 bits per heavy atom. The van der Waals surface area contributed by atoms with Crippen LogP contribution in [0.3, 0.4) is 0 Å². The number of halogens is 4. The fourth-order valence-electron chi connectivity index (χ4n) is 1.30. The summed E-state index contributed by atoms with van der Waals surface area (Å²) in [7, 11) is 1.46. The lowest BCUT2D eigenvalue weighted by Gasteiger charge is -2.00. The molecular formula is C9H6ClF3N4. The Hall–Kier alpha value is -1.63. The van der Waals surface area contributed by atoms with Crippen molar-refractivity contribution in [2.45, 2.75) is 6.18 Å². The van der Waals surface area contributed by atoms with E-state index < -0.39 is 11.9 Å². The molecule has 0 fully saturated rings. The second-order valence-corrected chi connectivity index (χ2v) is 3.64. The highest BCUT2D eigenvalue weighted by atomic mass is 35.5. The highest BCUT2D eigenvalue weighted by Crippen LogP contribution is 2.30. The average molecular weight is 263 g/mol. The highest BCUT2D eigenvalue weighted by Gasteiger charge is 2.34. The second kappa shape index (κ2) is 3.99. The Morgan fingerprint density at radius 3 is 2.29 bits per heavy atom. The lowest BCUT2D eigenvalue weighted by atomic mass is 10.3. The van der Waals surface area contributed by atoms with Crippen molar-refractivity contribution >= 4 is 11.6 Å². The SMILES string of the molecule is Cn1cc(C(F)(F)F)nc1-c1cnc(Cl)nc1. The van der Waals surface area contributed by atoms with E-state index in [1.165, 1.54) is 24.0 Å². The number of hydrogen-bond acceptors (Lipinski definition) is 3. The number of rotatable bonds is 1. The number of imidazole rings is 1. The Morgan fingerprint density at radius 2 is 1.82 bits per heavy atom. The van der Waals surface area contributed by atoms with Crippen LogP contribution in [0.15, 0.2) is 18.6 Å². The van der Waals surface area contributed by atoms with Gasteiger partial charge in [-0.1, -0.05) is 0 Å². The number of aromatic nitrogens is 4. The molecule has 8 heteroatoms. The van der Waals surface area contributed by atoms with Crippen LogP contribution in [0.2, 0.25) is 5.28 Å². The summed E-state index contributed by atoms with van der Waals surface area (Å²) in [5, 5.41) is 0.0269. The van der Waals surface area contributed by atoms with Gasteiger partial charge in [0.25, 0.3) is 0 Å². The van der Waals surface area contributed by atoms with Gasteiger partial charge >= 0.3 is 6.18 Å². The Labute approximate surface area is 99.1 Å². The van der Waals surface area contributed by atoms with E-state index in [2.05, 4.69) is 15.0 Å². The average Bonchev–Trinajstić information content (AvgIpc) is 2.61. The molecule has 0 bridgehead atoms. The van der Waals surface area contributed by atoms with Crippen LogP contribution in [-0.4, -0.2) is 19.5 Å². The van der Waals surface area contributed by atoms with Gasteiger partial charge in [-0.15, -0.1) is 0 Å². The molecule has 0 aliphatic carbocycles. The van der Waals surface area contributed by atoms with Crippen LogP contribution in [0, 0.1) is 0 Å². The summed E-state index contributed by atoms with van der Waals surface area (Å²) in [5.41, 5.74) is -0.586. The van der Waals surface area contributed by atoms with Crippen molar-refractivity contribution < 1.29 is 13.2 Å². The van der Waals surface area contributed by atoms with E-state index in [0.717, 1.165) is 6.20 Å². The van der Waals surface area contributed by atoms with Gasteiger partial charge in [0.1, 0.15) is 5.82 Å². The quantitative estimate of drug-likeness (QED) is 0.742. The minimum atomic E-state index is -4.47. The molecule has 0 N–H and O–H groups in total. The van der Waals surface area contributed by atoms with Crippen molar-refractivity contribution in [1.29, 1.82) is 0 Å². The summed E-state index contributed by atoms with van der Waals surface area (Å²) < 4.78 is 38.6. The largest absolute Gasteiger partial charge is 0.434 e. The van der Waals surface area contributed by atoms with Crippen molar-refractivity contribution in [2.24, 2.45) is 7.05 Å². The normalized spacial score (nSPS) is 11.8. The first-order valence-corrected chi connectivity index (χ1v) is 4.84. The third-order valence-electron chi connectivity index (χ3n) is 2.05. The van der Waals surface area contributed by atoms with Crippen LogP contribution in [0.25, 0.3) is 11.4 Å². The van der Waals surface area contributed by atoms with Gasteiger partial charge in [-0.25, -0.2) is 15.0 Å². The highest BCUT2D eigenvalue weighted by molar-refractivity contribution is 6.28. The van der Waals surface area contributed by atoms with Crippen LogP contribution >= 0.6 is 11.6 Å². The van der Waals surface area contributed by atoms with Gasteiger partial charge in [-0.2, -0.15) is 13.2 Å². The van der Waals surface area contributed by atoms with Gasteiger partial charge in [-0.05, 0) is 11.6 Å². The molecule has 0 saturated carbocycles. The molecule has 0 aromatic carbocycles. The van der Waals surface area contributed by atoms with Crippen molar-refractivity contribution in [2.75, 3.05) is 0 Å². The van der Waals surface area contributed by atoms with E-state index in [-0.39, 0.29) is 11.1 Å². The lowest BCUT2D eigenvalue weighted by Crippen LogP contribution is -2.04. The van der Waals surface area contributed by atoms with E-state index >= 15 is 0 Å². The fraction of sp³-hybridized carbons (Fsp3) is 0.222. The fourth-order valence-corrected chi connectivity index (χ4v) is 1.40. The molecule has 0 aliphatic rings. The minimum absolute atomic E-state index is 0.0269. The molecule has 0 saturated heterocycles. The summed E-state index contributed by atoms with van der Waals surface area (Å²) in [6.45, 7) is 0. The summed E-state index contributed by atoms with van der Waals surface area (Å²) in [5.74, 6) is 0.133. The van der Waals surface area contributed by atoms with E-state index in [1.807, 2.05) is 0 Å². The van der Waals surface area contributed by atoms with Gasteiger partial charge in [0.15, 0.2) is 5.69 Å². The lowest BCUT2D eigenvalue weighted by molar-refractivity contribution is -0.140. The Kier molecular flexibility index (Phi) is 2.78. The molecule has 2 aromatic heterocycles. The maximum atomic E-state index is 12.4. The van der Waals surface area contributed by atoms with Gasteiger partial charge in [-0.3, -0.25) is 0 Å². The van der Waals surface area contributed by atoms with Crippen LogP contribution in [0.1, 0.15) is 5.69 Å². The zero-order chi connectivity index (χ0) is 12.6. The van der Waals surface area contributed by atoms with E-state index in [9.17, 15) is 13.2 Å². The maximum absolute atomic E-state index is 12.4. The standard InChI is InChI=1S/C9H6ClF3N4/c1-17-4-6(9(11,12)13)16-7(17)5-2-14-8(10)15-3-5/h2-4H,1H3. The number of alkyl halides is 3. The molecule has 2 rings (SSSR count). The molecule has 17 heavy (non-hydrogen) atoms. The third-order valence-corrected chi connectivity index (χ3v) is 2.24. The van der Waals surface area contributed by atoms with E-state index in [1.54, 1.807) is 0 Å². The number of aryl methyl sites for hydroxylation is 1. The predicted molar refractivity (Wildman–Crippen MR) is 54.2 cm³/mol. The molecule has 0 unspecified atom stereocenters. The molecule has 2 heterocycles. The molecule has 0 amide bonds.